The first kappa shape index (κ1) is 3.09. The largest absolute Gasteiger partial charge is 0.370 e. The molecule has 0 aliphatic carbocycles. The van der Waals surface area contributed by atoms with Crippen LogP contribution in [0.5, 0.6) is 0 Å². The Kier molecular flexibility index (Phi) is 0.841. The zero-order valence-corrected chi connectivity index (χ0v) is 3.38. The highest BCUT2D eigenvalue weighted by atomic mass is 32.2. The van der Waals surface area contributed by atoms with Crippen molar-refractivity contribution in [2.45, 2.75) is 0 Å². The van der Waals surface area contributed by atoms with Gasteiger partial charge in [-0.2, -0.15) is 0 Å². The quantitative estimate of drug-likeness (QED) is 0.466. The van der Waals surface area contributed by atoms with E-state index >= 15 is 0 Å². The van der Waals surface area contributed by atoms with Gasteiger partial charge < -0.3 is 5.32 Å². The fourth-order valence-electron chi connectivity index (χ4n) is 0.170. The van der Waals surface area contributed by atoms with Gasteiger partial charge in [-0.15, -0.1) is 0 Å². The van der Waals surface area contributed by atoms with Crippen LogP contribution in [0, 0.1) is 5.88 Å². The van der Waals surface area contributed by atoms with E-state index in [1.54, 1.807) is 0 Å². The number of nitrogens with one attached hydrogen (secondary N) is 1. The van der Waals surface area contributed by atoms with Crippen LogP contribution < -0.4 is 5.32 Å². The lowest BCUT2D eigenvalue weighted by atomic mass is 11.0. The molecule has 0 fully saturated rings. The molecule has 2 radical (unpaired) electrons. The highest BCUT2D eigenvalue weighted by molar-refractivity contribution is 8.04. The molecule has 26 valence electrons. The molecule has 0 spiro atoms. The summed E-state index contributed by atoms with van der Waals surface area (Å²) in [6.45, 7) is 0. The normalized spacial score (nSPS) is 19.2. The van der Waals surface area contributed by atoms with Gasteiger partial charge >= 0.3 is 0 Å². The van der Waals surface area contributed by atoms with Crippen molar-refractivity contribution in [1.29, 1.82) is 0 Å². The lowest BCUT2D eigenvalue weighted by Gasteiger charge is -1.73. The third-order valence-electron chi connectivity index (χ3n) is 0.337. The van der Waals surface area contributed by atoms with Gasteiger partial charge in [-0.1, -0.05) is 11.8 Å². The average Bonchev–Trinajstić information content (AvgIpc) is 1.76. The number of rotatable bonds is 0. The molecule has 1 aliphatic rings. The smallest absolute Gasteiger partial charge is 0.160 e. The van der Waals surface area contributed by atoms with E-state index < -0.39 is 0 Å². The van der Waals surface area contributed by atoms with Crippen LogP contribution in [0.25, 0.3) is 0 Å². The maximum absolute atomic E-state index is 2.78. The topological polar surface area (TPSA) is 12.0 Å². The second-order valence-corrected chi connectivity index (χ2v) is 1.38. The Hall–Kier alpha value is -0.110. The molecule has 1 heterocycles. The maximum atomic E-state index is 2.78. The van der Waals surface area contributed by atoms with Gasteiger partial charge in [-0.05, 0) is 5.41 Å². The zero-order chi connectivity index (χ0) is 3.54. The summed E-state index contributed by atoms with van der Waals surface area (Å²) < 4.78 is 0. The van der Waals surface area contributed by atoms with Gasteiger partial charge in [0, 0.05) is 6.20 Å². The molecule has 0 aromatic carbocycles. The van der Waals surface area contributed by atoms with E-state index in [1.165, 1.54) is 11.8 Å². The van der Waals surface area contributed by atoms with Crippen molar-refractivity contribution in [2.24, 2.45) is 0 Å². The molecule has 5 heavy (non-hydrogen) atoms. The summed E-state index contributed by atoms with van der Waals surface area (Å²) in [6.07, 6.45) is 1.84. The average molecular weight is 85.1 g/mol. The number of hydrogen-bond donors (Lipinski definition) is 1. The molecule has 1 rings (SSSR count). The molecular weight excluding hydrogens is 82.1 g/mol. The molecule has 0 bridgehead atoms. The second-order valence-electron chi connectivity index (χ2n) is 0.667. The van der Waals surface area contributed by atoms with Gasteiger partial charge in [-0.25, -0.2) is 0 Å². The predicted octanol–water partition coefficient (Wildman–Crippen LogP) is 0.790. The van der Waals surface area contributed by atoms with E-state index in [0.29, 0.717) is 0 Å². The summed E-state index contributed by atoms with van der Waals surface area (Å²) >= 11 is 1.53. The SMILES string of the molecule is [C]1NC=CS1. The van der Waals surface area contributed by atoms with Crippen molar-refractivity contribution in [1.82, 2.24) is 5.32 Å². The van der Waals surface area contributed by atoms with Crippen LogP contribution in [0.4, 0.5) is 0 Å². The molecule has 0 atom stereocenters. The van der Waals surface area contributed by atoms with Crippen LogP contribution in [0.3, 0.4) is 0 Å². The van der Waals surface area contributed by atoms with E-state index in [4.69, 9.17) is 0 Å². The van der Waals surface area contributed by atoms with Crippen LogP contribution in [0.2, 0.25) is 0 Å². The van der Waals surface area contributed by atoms with Crippen molar-refractivity contribution in [2.75, 3.05) is 0 Å². The van der Waals surface area contributed by atoms with E-state index in [2.05, 4.69) is 11.2 Å². The minimum Gasteiger partial charge on any atom is -0.370 e. The molecule has 0 aromatic rings. The summed E-state index contributed by atoms with van der Waals surface area (Å²) in [5.41, 5.74) is 0. The Morgan fingerprint density at radius 1 is 1.80 bits per heavy atom. The molecule has 0 unspecified atom stereocenters. The van der Waals surface area contributed by atoms with E-state index in [-0.39, 0.29) is 0 Å². The summed E-state index contributed by atoms with van der Waals surface area (Å²) in [7, 11) is 0. The molecule has 0 aromatic heterocycles. The summed E-state index contributed by atoms with van der Waals surface area (Å²) in [6, 6.07) is 0. The Balaban J connectivity index is 2.32. The highest BCUT2D eigenvalue weighted by Gasteiger charge is 1.84. The molecule has 0 amide bonds. The third-order valence-corrected chi connectivity index (χ3v) is 0.845. The summed E-state index contributed by atoms with van der Waals surface area (Å²) in [4.78, 5) is 0. The molecule has 0 saturated carbocycles. The fourth-order valence-corrected chi connectivity index (χ4v) is 0.510. The van der Waals surface area contributed by atoms with Crippen LogP contribution in [-0.2, 0) is 0 Å². The van der Waals surface area contributed by atoms with Gasteiger partial charge in [0.05, 0.1) is 0 Å². The van der Waals surface area contributed by atoms with Crippen molar-refractivity contribution >= 4 is 11.8 Å². The molecule has 1 N–H and O–H groups in total. The van der Waals surface area contributed by atoms with Crippen molar-refractivity contribution in [3.63, 3.8) is 0 Å². The third kappa shape index (κ3) is 0.581. The van der Waals surface area contributed by atoms with Crippen LogP contribution in [-0.4, -0.2) is 0 Å². The van der Waals surface area contributed by atoms with E-state index in [1.807, 2.05) is 11.6 Å². The zero-order valence-electron chi connectivity index (χ0n) is 2.56. The molecule has 0 saturated heterocycles. The predicted molar refractivity (Wildman–Crippen MR) is 23.1 cm³/mol. The van der Waals surface area contributed by atoms with E-state index in [9.17, 15) is 0 Å². The maximum Gasteiger partial charge on any atom is 0.160 e. The Morgan fingerprint density at radius 3 is 3.00 bits per heavy atom. The van der Waals surface area contributed by atoms with Crippen LogP contribution >= 0.6 is 11.8 Å². The fraction of sp³-hybridized carbons (Fsp3) is 0. The number of thioether (sulfide) groups is 1. The Morgan fingerprint density at radius 2 is 2.80 bits per heavy atom. The van der Waals surface area contributed by atoms with Crippen molar-refractivity contribution in [3.05, 3.63) is 17.5 Å². The first-order chi connectivity index (χ1) is 2.50. The minimum atomic E-state index is 1.53. The second kappa shape index (κ2) is 1.36. The van der Waals surface area contributed by atoms with Gasteiger partial charge in [0.2, 0.25) is 0 Å². The van der Waals surface area contributed by atoms with Gasteiger partial charge in [0.15, 0.2) is 5.88 Å². The summed E-state index contributed by atoms with van der Waals surface area (Å²) in [5, 5.41) is 4.69. The first-order valence-corrected chi connectivity index (χ1v) is 2.19. The van der Waals surface area contributed by atoms with Gasteiger partial charge in [-0.3, -0.25) is 0 Å². The van der Waals surface area contributed by atoms with Crippen LogP contribution in [0.15, 0.2) is 11.6 Å². The van der Waals surface area contributed by atoms with Crippen LogP contribution in [0.1, 0.15) is 0 Å². The first-order valence-electron chi connectivity index (χ1n) is 1.31. The van der Waals surface area contributed by atoms with Crippen molar-refractivity contribution in [3.8, 4) is 0 Å². The molecular formula is C3H3NS. The Bertz CT molecular complexity index is 44.9. The van der Waals surface area contributed by atoms with E-state index in [0.717, 1.165) is 0 Å². The molecule has 2 heteroatoms. The molecule has 1 aliphatic heterocycles. The van der Waals surface area contributed by atoms with Gasteiger partial charge in [0.1, 0.15) is 0 Å². The van der Waals surface area contributed by atoms with Crippen molar-refractivity contribution < 1.29 is 0 Å². The molecule has 1 nitrogen and oxygen atoms in total. The monoisotopic (exact) mass is 85.0 g/mol. The summed E-state index contributed by atoms with van der Waals surface area (Å²) in [5.74, 6) is 2.78. The highest BCUT2D eigenvalue weighted by Crippen LogP contribution is 2.07. The lowest BCUT2D eigenvalue weighted by molar-refractivity contribution is 1.19. The minimum absolute atomic E-state index is 1.53. The van der Waals surface area contributed by atoms with Gasteiger partial charge in [0.25, 0.3) is 0 Å². The number of hydrogen-bond acceptors (Lipinski definition) is 2. The standard InChI is InChI=1S/C3H3NS/c1-2-5-3-4-1/h1-2,4H. The Labute approximate surface area is 35.4 Å². The lowest BCUT2D eigenvalue weighted by Crippen LogP contribution is -1.86.